The smallest absolute Gasteiger partial charge is 0.238 e. The van der Waals surface area contributed by atoms with Crippen molar-refractivity contribution in [2.75, 3.05) is 39.0 Å². The SMILES string of the molecule is CN(C)CC(C)(C)CNCC(=O)Nc1ccc(F)c(F)c1F. The van der Waals surface area contributed by atoms with E-state index in [4.69, 9.17) is 0 Å². The van der Waals surface area contributed by atoms with Crippen LogP contribution in [-0.2, 0) is 4.79 Å². The van der Waals surface area contributed by atoms with Gasteiger partial charge in [-0.25, -0.2) is 13.2 Å². The van der Waals surface area contributed by atoms with Gasteiger partial charge in [0, 0.05) is 13.1 Å². The van der Waals surface area contributed by atoms with Gasteiger partial charge in [0.2, 0.25) is 5.91 Å². The van der Waals surface area contributed by atoms with Crippen LogP contribution in [-0.4, -0.2) is 44.5 Å². The van der Waals surface area contributed by atoms with E-state index < -0.39 is 23.4 Å². The Morgan fingerprint density at radius 3 is 2.41 bits per heavy atom. The molecule has 1 aromatic rings. The number of anilines is 1. The molecule has 0 spiro atoms. The number of benzene rings is 1. The molecule has 0 atom stereocenters. The predicted octanol–water partition coefficient (Wildman–Crippen LogP) is 2.22. The largest absolute Gasteiger partial charge is 0.322 e. The van der Waals surface area contributed by atoms with Crippen LogP contribution in [0.25, 0.3) is 0 Å². The standard InChI is InChI=1S/C15H22F3N3O/c1-15(2,9-21(3)4)8-19-7-12(22)20-11-6-5-10(16)13(17)14(11)18/h5-6,19H,7-9H2,1-4H3,(H,20,22). The molecule has 0 aromatic heterocycles. The highest BCUT2D eigenvalue weighted by Gasteiger charge is 2.19. The third-order valence-electron chi connectivity index (χ3n) is 2.94. The number of carbonyl (C=O) groups is 1. The number of amides is 1. The Hall–Kier alpha value is -1.60. The van der Waals surface area contributed by atoms with Crippen molar-refractivity contribution in [3.8, 4) is 0 Å². The highest BCUT2D eigenvalue weighted by Crippen LogP contribution is 2.19. The average molecular weight is 317 g/mol. The Balaban J connectivity index is 2.49. The first kappa shape index (κ1) is 18.4. The number of carbonyl (C=O) groups excluding carboxylic acids is 1. The summed E-state index contributed by atoms with van der Waals surface area (Å²) in [7, 11) is 3.92. The minimum Gasteiger partial charge on any atom is -0.322 e. The van der Waals surface area contributed by atoms with Crippen molar-refractivity contribution in [3.05, 3.63) is 29.6 Å². The lowest BCUT2D eigenvalue weighted by Gasteiger charge is -2.28. The van der Waals surface area contributed by atoms with E-state index in [0.29, 0.717) is 6.54 Å². The molecule has 1 amide bonds. The van der Waals surface area contributed by atoms with Gasteiger partial charge >= 0.3 is 0 Å². The number of nitrogens with one attached hydrogen (secondary N) is 2. The van der Waals surface area contributed by atoms with E-state index in [-0.39, 0.29) is 17.6 Å². The summed E-state index contributed by atoms with van der Waals surface area (Å²) in [5.41, 5.74) is -0.421. The number of rotatable bonds is 7. The second-order valence-corrected chi connectivity index (χ2v) is 6.28. The van der Waals surface area contributed by atoms with Crippen LogP contribution in [0.5, 0.6) is 0 Å². The minimum atomic E-state index is -1.60. The molecule has 0 aliphatic rings. The van der Waals surface area contributed by atoms with E-state index in [1.807, 2.05) is 32.8 Å². The monoisotopic (exact) mass is 317 g/mol. The number of hydrogen-bond donors (Lipinski definition) is 2. The normalized spacial score (nSPS) is 11.8. The van der Waals surface area contributed by atoms with Gasteiger partial charge in [0.05, 0.1) is 12.2 Å². The van der Waals surface area contributed by atoms with Crippen molar-refractivity contribution in [1.29, 1.82) is 0 Å². The van der Waals surface area contributed by atoms with Gasteiger partial charge in [0.15, 0.2) is 17.5 Å². The molecular weight excluding hydrogens is 295 g/mol. The van der Waals surface area contributed by atoms with Crippen molar-refractivity contribution in [2.24, 2.45) is 5.41 Å². The van der Waals surface area contributed by atoms with Gasteiger partial charge in [0.25, 0.3) is 0 Å². The molecule has 0 saturated heterocycles. The second kappa shape index (κ2) is 7.60. The van der Waals surface area contributed by atoms with Crippen LogP contribution >= 0.6 is 0 Å². The van der Waals surface area contributed by atoms with Crippen LogP contribution in [0.3, 0.4) is 0 Å². The molecule has 7 heteroatoms. The summed E-state index contributed by atoms with van der Waals surface area (Å²) >= 11 is 0. The van der Waals surface area contributed by atoms with Crippen molar-refractivity contribution in [1.82, 2.24) is 10.2 Å². The Bertz CT molecular complexity index is 533. The second-order valence-electron chi connectivity index (χ2n) is 6.28. The van der Waals surface area contributed by atoms with Gasteiger partial charge in [-0.3, -0.25) is 4.79 Å². The van der Waals surface area contributed by atoms with Crippen LogP contribution in [0.1, 0.15) is 13.8 Å². The summed E-state index contributed by atoms with van der Waals surface area (Å²) in [5, 5.41) is 5.18. The van der Waals surface area contributed by atoms with E-state index in [9.17, 15) is 18.0 Å². The third-order valence-corrected chi connectivity index (χ3v) is 2.94. The molecule has 0 unspecified atom stereocenters. The highest BCUT2D eigenvalue weighted by molar-refractivity contribution is 5.92. The molecule has 0 radical (unpaired) electrons. The zero-order valence-corrected chi connectivity index (χ0v) is 13.3. The Kier molecular flexibility index (Phi) is 6.37. The lowest BCUT2D eigenvalue weighted by Crippen LogP contribution is -2.40. The first-order chi connectivity index (χ1) is 10.1. The molecule has 1 rings (SSSR count). The maximum Gasteiger partial charge on any atom is 0.238 e. The quantitative estimate of drug-likeness (QED) is 0.758. The topological polar surface area (TPSA) is 44.4 Å². The van der Waals surface area contributed by atoms with Crippen molar-refractivity contribution in [3.63, 3.8) is 0 Å². The van der Waals surface area contributed by atoms with E-state index in [1.54, 1.807) is 0 Å². The predicted molar refractivity (Wildman–Crippen MR) is 80.2 cm³/mol. The molecule has 0 fully saturated rings. The van der Waals surface area contributed by atoms with Crippen LogP contribution in [0, 0.1) is 22.9 Å². The van der Waals surface area contributed by atoms with Crippen molar-refractivity contribution in [2.45, 2.75) is 13.8 Å². The van der Waals surface area contributed by atoms with Gasteiger partial charge in [-0.15, -0.1) is 0 Å². The number of hydrogen-bond acceptors (Lipinski definition) is 3. The van der Waals surface area contributed by atoms with E-state index in [1.165, 1.54) is 0 Å². The fraction of sp³-hybridized carbons (Fsp3) is 0.533. The minimum absolute atomic E-state index is 0.0446. The molecular formula is C15H22F3N3O. The summed E-state index contributed by atoms with van der Waals surface area (Å²) in [6.45, 7) is 5.47. The fourth-order valence-electron chi connectivity index (χ4n) is 2.24. The van der Waals surface area contributed by atoms with E-state index in [2.05, 4.69) is 10.6 Å². The summed E-state index contributed by atoms with van der Waals surface area (Å²) in [5.74, 6) is -4.82. The molecule has 0 saturated carbocycles. The van der Waals surface area contributed by atoms with Crippen molar-refractivity contribution >= 4 is 11.6 Å². The molecule has 4 nitrogen and oxygen atoms in total. The molecule has 0 aliphatic carbocycles. The Labute approximate surface area is 128 Å². The van der Waals surface area contributed by atoms with E-state index in [0.717, 1.165) is 18.7 Å². The summed E-state index contributed by atoms with van der Waals surface area (Å²) in [6.07, 6.45) is 0. The molecule has 124 valence electrons. The zero-order chi connectivity index (χ0) is 16.9. The molecule has 22 heavy (non-hydrogen) atoms. The Morgan fingerprint density at radius 1 is 1.18 bits per heavy atom. The lowest BCUT2D eigenvalue weighted by atomic mass is 9.93. The van der Waals surface area contributed by atoms with Crippen molar-refractivity contribution < 1.29 is 18.0 Å². The van der Waals surface area contributed by atoms with Gasteiger partial charge in [-0.05, 0) is 31.6 Å². The molecule has 0 bridgehead atoms. The van der Waals surface area contributed by atoms with Gasteiger partial charge < -0.3 is 15.5 Å². The van der Waals surface area contributed by atoms with Gasteiger partial charge in [0.1, 0.15) is 0 Å². The van der Waals surface area contributed by atoms with Gasteiger partial charge in [-0.1, -0.05) is 13.8 Å². The summed E-state index contributed by atoms with van der Waals surface area (Å²) in [6, 6.07) is 1.75. The molecule has 0 aliphatic heterocycles. The summed E-state index contributed by atoms with van der Waals surface area (Å²) in [4.78, 5) is 13.7. The third kappa shape index (κ3) is 5.65. The first-order valence-electron chi connectivity index (χ1n) is 6.91. The summed E-state index contributed by atoms with van der Waals surface area (Å²) < 4.78 is 39.3. The maximum absolute atomic E-state index is 13.4. The average Bonchev–Trinajstić information content (AvgIpc) is 2.38. The van der Waals surface area contributed by atoms with Crippen LogP contribution in [0.15, 0.2) is 12.1 Å². The van der Waals surface area contributed by atoms with Crippen LogP contribution in [0.4, 0.5) is 18.9 Å². The van der Waals surface area contributed by atoms with Crippen LogP contribution < -0.4 is 10.6 Å². The molecule has 2 N–H and O–H groups in total. The number of nitrogens with zero attached hydrogens (tertiary/aromatic N) is 1. The molecule has 1 aromatic carbocycles. The zero-order valence-electron chi connectivity index (χ0n) is 13.3. The molecule has 0 heterocycles. The maximum atomic E-state index is 13.4. The Morgan fingerprint density at radius 2 is 1.82 bits per heavy atom. The van der Waals surface area contributed by atoms with E-state index >= 15 is 0 Å². The highest BCUT2D eigenvalue weighted by atomic mass is 19.2. The van der Waals surface area contributed by atoms with Gasteiger partial charge in [-0.2, -0.15) is 0 Å². The lowest BCUT2D eigenvalue weighted by molar-refractivity contribution is -0.115. The first-order valence-corrected chi connectivity index (χ1v) is 6.91. The number of halogens is 3. The van der Waals surface area contributed by atoms with Crippen LogP contribution in [0.2, 0.25) is 0 Å². The fourth-order valence-corrected chi connectivity index (χ4v) is 2.24.